The third kappa shape index (κ3) is 7.93. The molecule has 0 aromatic carbocycles. The van der Waals surface area contributed by atoms with Crippen molar-refractivity contribution in [2.75, 3.05) is 26.7 Å². The maximum absolute atomic E-state index is 5.79. The molecule has 0 saturated heterocycles. The van der Waals surface area contributed by atoms with Crippen LogP contribution in [0.15, 0.2) is 4.99 Å². The Hall–Kier alpha value is -0.900. The second kappa shape index (κ2) is 13.3. The molecular formula is C19H37IN6O. The molecule has 7 nitrogen and oxygen atoms in total. The minimum absolute atomic E-state index is 0. The Bertz CT molecular complexity index is 560. The summed E-state index contributed by atoms with van der Waals surface area (Å²) in [6.45, 7) is 9.93. The summed E-state index contributed by atoms with van der Waals surface area (Å²) >= 11 is 0. The molecule has 1 aliphatic rings. The van der Waals surface area contributed by atoms with E-state index in [4.69, 9.17) is 4.74 Å². The van der Waals surface area contributed by atoms with E-state index < -0.39 is 0 Å². The number of hydrogen-bond donors (Lipinski definition) is 2. The van der Waals surface area contributed by atoms with E-state index >= 15 is 0 Å². The van der Waals surface area contributed by atoms with Crippen molar-refractivity contribution in [3.63, 3.8) is 0 Å². The van der Waals surface area contributed by atoms with Crippen molar-refractivity contribution in [3.05, 3.63) is 11.6 Å². The predicted octanol–water partition coefficient (Wildman–Crippen LogP) is 2.78. The number of nitrogens with zero attached hydrogens (tertiary/aromatic N) is 4. The lowest BCUT2D eigenvalue weighted by molar-refractivity contribution is 0.0258. The average molecular weight is 492 g/mol. The lowest BCUT2D eigenvalue weighted by Gasteiger charge is -2.21. The summed E-state index contributed by atoms with van der Waals surface area (Å²) in [5, 5.41) is 15.5. The Morgan fingerprint density at radius 1 is 1.19 bits per heavy atom. The van der Waals surface area contributed by atoms with Gasteiger partial charge in [0, 0.05) is 46.1 Å². The normalized spacial score (nSPS) is 15.7. The second-order valence-corrected chi connectivity index (χ2v) is 7.20. The molecule has 0 spiro atoms. The molecule has 156 valence electrons. The maximum Gasteiger partial charge on any atom is 0.190 e. The first-order valence-electron chi connectivity index (χ1n) is 10.1. The maximum atomic E-state index is 5.79. The first-order chi connectivity index (χ1) is 12.7. The standard InChI is InChI=1S/C19H36N6O.HI/c1-5-26-16(15(2)3)10-12-21-19(20-4)22-13-11-18-24-23-17-9-7-6-8-14-25(17)18;/h15-16H,5-14H2,1-4H3,(H2,20,21,22);1H. The third-order valence-corrected chi connectivity index (χ3v) is 4.90. The smallest absolute Gasteiger partial charge is 0.190 e. The summed E-state index contributed by atoms with van der Waals surface area (Å²) in [5.74, 6) is 3.59. The van der Waals surface area contributed by atoms with E-state index in [0.29, 0.717) is 5.92 Å². The number of aryl methyl sites for hydroxylation is 1. The van der Waals surface area contributed by atoms with Crippen molar-refractivity contribution in [2.45, 2.75) is 71.9 Å². The van der Waals surface area contributed by atoms with Crippen LogP contribution in [0, 0.1) is 5.92 Å². The van der Waals surface area contributed by atoms with E-state index in [1.165, 1.54) is 19.3 Å². The fourth-order valence-corrected chi connectivity index (χ4v) is 3.40. The van der Waals surface area contributed by atoms with Crippen molar-refractivity contribution < 1.29 is 4.74 Å². The molecule has 0 amide bonds. The number of fused-ring (bicyclic) bond motifs is 1. The Morgan fingerprint density at radius 3 is 2.67 bits per heavy atom. The van der Waals surface area contributed by atoms with Gasteiger partial charge in [0.25, 0.3) is 0 Å². The van der Waals surface area contributed by atoms with Crippen LogP contribution in [-0.2, 0) is 24.1 Å². The monoisotopic (exact) mass is 492 g/mol. The van der Waals surface area contributed by atoms with Gasteiger partial charge in [-0.1, -0.05) is 20.3 Å². The van der Waals surface area contributed by atoms with Crippen LogP contribution in [0.4, 0.5) is 0 Å². The molecule has 1 unspecified atom stereocenters. The number of aliphatic imine (C=N–C) groups is 1. The number of ether oxygens (including phenoxy) is 1. The SMILES string of the molecule is CCOC(CCNC(=NC)NCCc1nnc2n1CCCCC2)C(C)C.I. The largest absolute Gasteiger partial charge is 0.378 e. The first kappa shape index (κ1) is 24.1. The summed E-state index contributed by atoms with van der Waals surface area (Å²) < 4.78 is 8.10. The highest BCUT2D eigenvalue weighted by molar-refractivity contribution is 14.0. The lowest BCUT2D eigenvalue weighted by atomic mass is 10.0. The first-order valence-corrected chi connectivity index (χ1v) is 10.1. The van der Waals surface area contributed by atoms with Gasteiger partial charge in [-0.25, -0.2) is 0 Å². The van der Waals surface area contributed by atoms with Gasteiger partial charge in [0.15, 0.2) is 5.96 Å². The van der Waals surface area contributed by atoms with Gasteiger partial charge in [-0.3, -0.25) is 4.99 Å². The number of rotatable bonds is 9. The van der Waals surface area contributed by atoms with Crippen LogP contribution in [0.2, 0.25) is 0 Å². The van der Waals surface area contributed by atoms with Gasteiger partial charge >= 0.3 is 0 Å². The number of aromatic nitrogens is 3. The van der Waals surface area contributed by atoms with E-state index in [0.717, 1.165) is 63.1 Å². The molecule has 1 aromatic rings. The minimum atomic E-state index is 0. The number of halogens is 1. The van der Waals surface area contributed by atoms with Crippen LogP contribution in [0.3, 0.4) is 0 Å². The highest BCUT2D eigenvalue weighted by Crippen LogP contribution is 2.14. The minimum Gasteiger partial charge on any atom is -0.378 e. The highest BCUT2D eigenvalue weighted by Gasteiger charge is 2.15. The Kier molecular flexibility index (Phi) is 11.9. The van der Waals surface area contributed by atoms with Gasteiger partial charge in [-0.2, -0.15) is 0 Å². The van der Waals surface area contributed by atoms with Crippen molar-refractivity contribution >= 4 is 29.9 Å². The number of nitrogens with one attached hydrogen (secondary N) is 2. The Morgan fingerprint density at radius 2 is 1.96 bits per heavy atom. The molecule has 0 saturated carbocycles. The average Bonchev–Trinajstić information content (AvgIpc) is 2.86. The van der Waals surface area contributed by atoms with Crippen molar-refractivity contribution in [1.29, 1.82) is 0 Å². The van der Waals surface area contributed by atoms with Gasteiger partial charge in [0.2, 0.25) is 0 Å². The predicted molar refractivity (Wildman–Crippen MR) is 121 cm³/mol. The van der Waals surface area contributed by atoms with Gasteiger partial charge in [0.1, 0.15) is 11.6 Å². The molecule has 2 rings (SSSR count). The summed E-state index contributed by atoms with van der Waals surface area (Å²) in [7, 11) is 1.81. The van der Waals surface area contributed by atoms with Gasteiger partial charge in [-0.05, 0) is 32.1 Å². The van der Waals surface area contributed by atoms with Crippen LogP contribution in [0.5, 0.6) is 0 Å². The molecular weight excluding hydrogens is 455 g/mol. The zero-order valence-corrected chi connectivity index (χ0v) is 19.7. The third-order valence-electron chi connectivity index (χ3n) is 4.90. The molecule has 1 aliphatic heterocycles. The fraction of sp³-hybridized carbons (Fsp3) is 0.842. The molecule has 1 atom stereocenters. The van der Waals surface area contributed by atoms with Crippen LogP contribution >= 0.6 is 24.0 Å². The summed E-state index contributed by atoms with van der Waals surface area (Å²) in [4.78, 5) is 4.31. The molecule has 0 fully saturated rings. The topological polar surface area (TPSA) is 76.4 Å². The highest BCUT2D eigenvalue weighted by atomic mass is 127. The van der Waals surface area contributed by atoms with Gasteiger partial charge in [-0.15, -0.1) is 34.2 Å². The van der Waals surface area contributed by atoms with E-state index in [1.807, 2.05) is 0 Å². The number of guanidine groups is 1. The zero-order chi connectivity index (χ0) is 18.8. The fourth-order valence-electron chi connectivity index (χ4n) is 3.40. The molecule has 0 aliphatic carbocycles. The second-order valence-electron chi connectivity index (χ2n) is 7.20. The van der Waals surface area contributed by atoms with Gasteiger partial charge < -0.3 is 19.9 Å². The van der Waals surface area contributed by atoms with E-state index in [9.17, 15) is 0 Å². The zero-order valence-electron chi connectivity index (χ0n) is 17.3. The van der Waals surface area contributed by atoms with Crippen LogP contribution < -0.4 is 10.6 Å². The molecule has 2 heterocycles. The van der Waals surface area contributed by atoms with Crippen molar-refractivity contribution in [1.82, 2.24) is 25.4 Å². The van der Waals surface area contributed by atoms with E-state index in [2.05, 4.69) is 51.2 Å². The molecule has 8 heteroatoms. The van der Waals surface area contributed by atoms with E-state index in [1.54, 1.807) is 7.05 Å². The van der Waals surface area contributed by atoms with Crippen LogP contribution in [0.1, 0.15) is 58.1 Å². The molecule has 2 N–H and O–H groups in total. The molecule has 1 aromatic heterocycles. The van der Waals surface area contributed by atoms with Crippen LogP contribution in [-0.4, -0.2) is 53.6 Å². The van der Waals surface area contributed by atoms with Crippen molar-refractivity contribution in [3.8, 4) is 0 Å². The molecule has 27 heavy (non-hydrogen) atoms. The molecule has 0 bridgehead atoms. The molecule has 0 radical (unpaired) electrons. The Labute approximate surface area is 181 Å². The summed E-state index contributed by atoms with van der Waals surface area (Å²) in [5.41, 5.74) is 0. The van der Waals surface area contributed by atoms with Crippen LogP contribution in [0.25, 0.3) is 0 Å². The summed E-state index contributed by atoms with van der Waals surface area (Å²) in [6.07, 6.45) is 6.93. The van der Waals surface area contributed by atoms with Gasteiger partial charge in [0.05, 0.1) is 6.10 Å². The summed E-state index contributed by atoms with van der Waals surface area (Å²) in [6, 6.07) is 0. The number of hydrogen-bond acceptors (Lipinski definition) is 4. The van der Waals surface area contributed by atoms with Crippen molar-refractivity contribution in [2.24, 2.45) is 10.9 Å². The lowest BCUT2D eigenvalue weighted by Crippen LogP contribution is -2.40. The Balaban J connectivity index is 0.00000364. The quantitative estimate of drug-likeness (QED) is 0.315. The van der Waals surface area contributed by atoms with E-state index in [-0.39, 0.29) is 30.1 Å².